The van der Waals surface area contributed by atoms with Crippen LogP contribution in [0.4, 0.5) is 5.82 Å². The molecule has 0 aliphatic rings. The fourth-order valence-corrected chi connectivity index (χ4v) is 2.33. The second kappa shape index (κ2) is 6.68. The molecule has 100 valence electrons. The summed E-state index contributed by atoms with van der Waals surface area (Å²) in [6.45, 7) is 1.48. The van der Waals surface area contributed by atoms with Crippen LogP contribution in [0.3, 0.4) is 0 Å². The molecule has 19 heavy (non-hydrogen) atoms. The highest BCUT2D eigenvalue weighted by Gasteiger charge is 2.05. The summed E-state index contributed by atoms with van der Waals surface area (Å²) in [7, 11) is 2.05. The highest BCUT2D eigenvalue weighted by molar-refractivity contribution is 9.10. The molecule has 0 saturated heterocycles. The number of nitrogens with zero attached hydrogens (tertiary/aromatic N) is 2. The minimum atomic E-state index is 0.661. The van der Waals surface area contributed by atoms with Crippen molar-refractivity contribution in [2.45, 2.75) is 13.0 Å². The Bertz CT molecular complexity index is 525. The van der Waals surface area contributed by atoms with Gasteiger partial charge in [-0.15, -0.1) is 0 Å². The van der Waals surface area contributed by atoms with Crippen molar-refractivity contribution in [3.05, 3.63) is 58.2 Å². The van der Waals surface area contributed by atoms with E-state index in [0.29, 0.717) is 6.54 Å². The minimum absolute atomic E-state index is 0.661. The quantitative estimate of drug-likeness (QED) is 0.921. The summed E-state index contributed by atoms with van der Waals surface area (Å²) in [6.07, 6.45) is 2.78. The van der Waals surface area contributed by atoms with Crippen LogP contribution in [-0.4, -0.2) is 18.6 Å². The van der Waals surface area contributed by atoms with Gasteiger partial charge in [0.2, 0.25) is 0 Å². The van der Waals surface area contributed by atoms with E-state index < -0.39 is 0 Å². The van der Waals surface area contributed by atoms with Gasteiger partial charge < -0.3 is 10.6 Å². The molecule has 0 aliphatic heterocycles. The van der Waals surface area contributed by atoms with Crippen LogP contribution >= 0.6 is 15.9 Å². The molecule has 2 aromatic rings. The molecule has 0 bridgehead atoms. The minimum Gasteiger partial charge on any atom is -0.355 e. The average molecular weight is 320 g/mol. The van der Waals surface area contributed by atoms with Crippen LogP contribution in [0.25, 0.3) is 0 Å². The van der Waals surface area contributed by atoms with E-state index >= 15 is 0 Å². The van der Waals surface area contributed by atoms with Gasteiger partial charge in [-0.1, -0.05) is 40.2 Å². The van der Waals surface area contributed by atoms with Crippen LogP contribution < -0.4 is 10.6 Å². The van der Waals surface area contributed by atoms with E-state index in [-0.39, 0.29) is 0 Å². The lowest BCUT2D eigenvalue weighted by Gasteiger charge is -2.19. The lowest BCUT2D eigenvalue weighted by atomic mass is 10.2. The maximum atomic E-state index is 5.53. The van der Waals surface area contributed by atoms with E-state index in [1.165, 1.54) is 11.1 Å². The molecule has 0 aliphatic carbocycles. The Morgan fingerprint density at radius 2 is 2.00 bits per heavy atom. The monoisotopic (exact) mass is 319 g/mol. The summed E-state index contributed by atoms with van der Waals surface area (Å²) in [4.78, 5) is 6.61. The Kier molecular flexibility index (Phi) is 4.93. The lowest BCUT2D eigenvalue weighted by Crippen LogP contribution is -2.18. The molecule has 0 unspecified atom stereocenters. The predicted octanol–water partition coefficient (Wildman–Crippen LogP) is 2.98. The first kappa shape index (κ1) is 14.0. The highest BCUT2D eigenvalue weighted by Crippen LogP contribution is 2.19. The van der Waals surface area contributed by atoms with E-state index in [4.69, 9.17) is 5.73 Å². The van der Waals surface area contributed by atoms with Crippen molar-refractivity contribution in [1.29, 1.82) is 0 Å². The van der Waals surface area contributed by atoms with Gasteiger partial charge in [0, 0.05) is 24.3 Å². The van der Waals surface area contributed by atoms with E-state index in [2.05, 4.69) is 44.0 Å². The van der Waals surface area contributed by atoms with Crippen molar-refractivity contribution >= 4 is 21.7 Å². The molecular formula is C15H18BrN3. The van der Waals surface area contributed by atoms with Crippen LogP contribution in [0, 0.1) is 0 Å². The van der Waals surface area contributed by atoms with Crippen molar-refractivity contribution in [1.82, 2.24) is 4.98 Å². The Morgan fingerprint density at radius 1 is 1.21 bits per heavy atom. The second-order valence-corrected chi connectivity index (χ2v) is 5.37. The standard InChI is InChI=1S/C15H18BrN3/c1-19(11-13-4-2-3-5-14(13)16)15-7-6-12(8-9-17)10-18-15/h2-7,10H,8-9,11,17H2,1H3. The summed E-state index contributed by atoms with van der Waals surface area (Å²) in [5, 5.41) is 0. The third kappa shape index (κ3) is 3.78. The molecule has 0 spiro atoms. The molecule has 4 heteroatoms. The maximum absolute atomic E-state index is 5.53. The summed E-state index contributed by atoms with van der Waals surface area (Å²) < 4.78 is 1.13. The van der Waals surface area contributed by atoms with Crippen LogP contribution in [0.2, 0.25) is 0 Å². The first-order valence-electron chi connectivity index (χ1n) is 6.30. The topological polar surface area (TPSA) is 42.1 Å². The number of hydrogen-bond donors (Lipinski definition) is 1. The smallest absolute Gasteiger partial charge is 0.128 e. The van der Waals surface area contributed by atoms with Crippen LogP contribution in [0.5, 0.6) is 0 Å². The van der Waals surface area contributed by atoms with Crippen LogP contribution in [-0.2, 0) is 13.0 Å². The van der Waals surface area contributed by atoms with Crippen molar-refractivity contribution < 1.29 is 0 Å². The fraction of sp³-hybridized carbons (Fsp3) is 0.267. The van der Waals surface area contributed by atoms with Gasteiger partial charge in [-0.05, 0) is 36.2 Å². The predicted molar refractivity (Wildman–Crippen MR) is 83.2 cm³/mol. The molecule has 1 heterocycles. The normalized spacial score (nSPS) is 10.5. The van der Waals surface area contributed by atoms with Crippen molar-refractivity contribution in [2.24, 2.45) is 5.73 Å². The molecule has 3 nitrogen and oxygen atoms in total. The number of nitrogens with two attached hydrogens (primary N) is 1. The molecule has 0 radical (unpaired) electrons. The Hall–Kier alpha value is -1.39. The molecule has 0 atom stereocenters. The van der Waals surface area contributed by atoms with Crippen molar-refractivity contribution in [2.75, 3.05) is 18.5 Å². The molecule has 2 rings (SSSR count). The van der Waals surface area contributed by atoms with E-state index in [9.17, 15) is 0 Å². The summed E-state index contributed by atoms with van der Waals surface area (Å²) in [5.41, 5.74) is 7.96. The van der Waals surface area contributed by atoms with Gasteiger partial charge in [0.05, 0.1) is 0 Å². The van der Waals surface area contributed by atoms with Gasteiger partial charge in [-0.3, -0.25) is 0 Å². The molecule has 1 aromatic carbocycles. The summed E-state index contributed by atoms with van der Waals surface area (Å²) in [5.74, 6) is 0.969. The van der Waals surface area contributed by atoms with Gasteiger partial charge in [-0.2, -0.15) is 0 Å². The number of benzene rings is 1. The zero-order chi connectivity index (χ0) is 13.7. The molecule has 2 N–H and O–H groups in total. The van der Waals surface area contributed by atoms with Crippen molar-refractivity contribution in [3.63, 3.8) is 0 Å². The number of rotatable bonds is 5. The fourth-order valence-electron chi connectivity index (χ4n) is 1.92. The van der Waals surface area contributed by atoms with E-state index in [1.54, 1.807) is 0 Å². The van der Waals surface area contributed by atoms with Crippen LogP contribution in [0.1, 0.15) is 11.1 Å². The number of halogens is 1. The molecular weight excluding hydrogens is 302 g/mol. The van der Waals surface area contributed by atoms with E-state index in [0.717, 1.165) is 23.3 Å². The van der Waals surface area contributed by atoms with Gasteiger partial charge in [-0.25, -0.2) is 4.98 Å². The zero-order valence-electron chi connectivity index (χ0n) is 11.0. The number of hydrogen-bond acceptors (Lipinski definition) is 3. The zero-order valence-corrected chi connectivity index (χ0v) is 12.6. The summed E-state index contributed by atoms with van der Waals surface area (Å²) >= 11 is 3.57. The first-order valence-corrected chi connectivity index (χ1v) is 7.09. The largest absolute Gasteiger partial charge is 0.355 e. The van der Waals surface area contributed by atoms with Gasteiger partial charge in [0.1, 0.15) is 5.82 Å². The Morgan fingerprint density at radius 3 is 2.63 bits per heavy atom. The molecule has 1 aromatic heterocycles. The van der Waals surface area contributed by atoms with Crippen molar-refractivity contribution in [3.8, 4) is 0 Å². The summed E-state index contributed by atoms with van der Waals surface area (Å²) in [6, 6.07) is 12.4. The maximum Gasteiger partial charge on any atom is 0.128 e. The lowest BCUT2D eigenvalue weighted by molar-refractivity contribution is 0.886. The van der Waals surface area contributed by atoms with Crippen LogP contribution in [0.15, 0.2) is 47.1 Å². The molecule has 0 fully saturated rings. The van der Waals surface area contributed by atoms with Gasteiger partial charge >= 0.3 is 0 Å². The second-order valence-electron chi connectivity index (χ2n) is 4.51. The third-order valence-electron chi connectivity index (χ3n) is 3.00. The highest BCUT2D eigenvalue weighted by atomic mass is 79.9. The Balaban J connectivity index is 2.07. The molecule has 0 amide bonds. The Labute approximate surface area is 122 Å². The van der Waals surface area contributed by atoms with E-state index in [1.807, 2.05) is 31.4 Å². The first-order chi connectivity index (χ1) is 9.20. The third-order valence-corrected chi connectivity index (χ3v) is 3.77. The SMILES string of the molecule is CN(Cc1ccccc1Br)c1ccc(CCN)cn1. The number of anilines is 1. The average Bonchev–Trinajstić information content (AvgIpc) is 2.42. The number of aromatic nitrogens is 1. The molecule has 0 saturated carbocycles. The van der Waals surface area contributed by atoms with Gasteiger partial charge in [0.15, 0.2) is 0 Å². The number of pyridine rings is 1. The van der Waals surface area contributed by atoms with Gasteiger partial charge in [0.25, 0.3) is 0 Å².